The van der Waals surface area contributed by atoms with E-state index < -0.39 is 0 Å². The van der Waals surface area contributed by atoms with Gasteiger partial charge < -0.3 is 20.7 Å². The Morgan fingerprint density at radius 2 is 1.65 bits per heavy atom. The van der Waals surface area contributed by atoms with Crippen LogP contribution in [0.5, 0.6) is 5.75 Å². The van der Waals surface area contributed by atoms with Gasteiger partial charge in [0.05, 0.1) is 6.04 Å². The number of nitrogens with zero attached hydrogens (tertiary/aromatic N) is 1. The molecule has 3 aromatic carbocycles. The molecule has 2 saturated carbocycles. The first kappa shape index (κ1) is 27.8. The van der Waals surface area contributed by atoms with Crippen molar-refractivity contribution >= 4 is 17.7 Å². The maximum atomic E-state index is 13.4. The molecule has 6 nitrogen and oxygen atoms in total. The first-order chi connectivity index (χ1) is 19.3. The molecule has 2 amide bonds. The van der Waals surface area contributed by atoms with Crippen LogP contribution in [0, 0.1) is 19.8 Å². The van der Waals surface area contributed by atoms with Gasteiger partial charge in [-0.3, -0.25) is 4.79 Å². The maximum absolute atomic E-state index is 13.4. The molecule has 0 bridgehead atoms. The highest BCUT2D eigenvalue weighted by molar-refractivity contribution is 5.80. The van der Waals surface area contributed by atoms with E-state index in [-0.39, 0.29) is 35.9 Å². The number of hydrogen-bond acceptors (Lipinski definition) is 4. The zero-order chi connectivity index (χ0) is 28.2. The summed E-state index contributed by atoms with van der Waals surface area (Å²) in [7, 11) is 0. The van der Waals surface area contributed by atoms with Gasteiger partial charge in [0.25, 0.3) is 0 Å². The largest absolute Gasteiger partial charge is 0.415 e. The number of amides is 2. The minimum absolute atomic E-state index is 0.0497. The van der Waals surface area contributed by atoms with Gasteiger partial charge >= 0.3 is 6.09 Å². The summed E-state index contributed by atoms with van der Waals surface area (Å²) in [5, 5.41) is 3.24. The Labute approximate surface area is 237 Å². The Morgan fingerprint density at radius 1 is 0.950 bits per heavy atom. The molecular weight excluding hydrogens is 498 g/mol. The molecule has 3 atom stereocenters. The van der Waals surface area contributed by atoms with Crippen LogP contribution in [-0.2, 0) is 11.3 Å². The van der Waals surface area contributed by atoms with Crippen molar-refractivity contribution in [3.05, 3.63) is 94.5 Å². The lowest BCUT2D eigenvalue weighted by Crippen LogP contribution is -2.37. The van der Waals surface area contributed by atoms with Gasteiger partial charge in [-0.05, 0) is 98.4 Å². The van der Waals surface area contributed by atoms with E-state index in [0.717, 1.165) is 66.5 Å². The van der Waals surface area contributed by atoms with Crippen molar-refractivity contribution in [2.45, 2.75) is 83.8 Å². The summed E-state index contributed by atoms with van der Waals surface area (Å²) >= 11 is 0. The first-order valence-electron chi connectivity index (χ1n) is 14.6. The summed E-state index contributed by atoms with van der Waals surface area (Å²) in [6.45, 7) is 6.54. The zero-order valence-electron chi connectivity index (χ0n) is 23.9. The lowest BCUT2D eigenvalue weighted by Gasteiger charge is -2.32. The summed E-state index contributed by atoms with van der Waals surface area (Å²) < 4.78 is 5.83. The molecule has 0 aliphatic heterocycles. The number of nitrogens with two attached hydrogens (primary N) is 1. The van der Waals surface area contributed by atoms with Gasteiger partial charge in [-0.15, -0.1) is 0 Å². The monoisotopic (exact) mass is 539 g/mol. The number of nitrogens with one attached hydrogen (secondary N) is 1. The molecule has 0 saturated heterocycles. The maximum Gasteiger partial charge on any atom is 0.415 e. The average Bonchev–Trinajstić information content (AvgIpc) is 3.80. The molecule has 3 N–H and O–H groups in total. The molecule has 0 unspecified atom stereocenters. The molecule has 2 fully saturated rings. The number of carbonyl (C=O) groups excluding carboxylic acids is 2. The summed E-state index contributed by atoms with van der Waals surface area (Å²) in [6, 6.07) is 22.2. The Hall–Kier alpha value is -3.80. The third kappa shape index (κ3) is 6.49. The molecule has 0 aromatic heterocycles. The van der Waals surface area contributed by atoms with Gasteiger partial charge in [-0.25, -0.2) is 4.79 Å². The zero-order valence-corrected chi connectivity index (χ0v) is 23.9. The minimum Gasteiger partial charge on any atom is -0.410 e. The lowest BCUT2D eigenvalue weighted by molar-refractivity contribution is -0.127. The quantitative estimate of drug-likeness (QED) is 0.297. The topological polar surface area (TPSA) is 84.7 Å². The number of benzene rings is 3. The SMILES string of the molecule is Cc1cccc(OC(=O)N(Cc2ccc([C@H]3CCCC[C@@H]3C(=O)N[C@@H](C)c3ccc(N)cc3)cc2)C2CC2)c1C. The predicted molar refractivity (Wildman–Crippen MR) is 159 cm³/mol. The number of nitrogen functional groups attached to an aromatic ring is 1. The Bertz CT molecular complexity index is 1330. The number of rotatable bonds is 8. The molecule has 0 spiro atoms. The smallest absolute Gasteiger partial charge is 0.410 e. The average molecular weight is 540 g/mol. The highest BCUT2D eigenvalue weighted by Crippen LogP contribution is 2.39. The van der Waals surface area contributed by atoms with Crippen molar-refractivity contribution < 1.29 is 14.3 Å². The second-order valence-electron chi connectivity index (χ2n) is 11.6. The Balaban J connectivity index is 1.24. The fourth-order valence-corrected chi connectivity index (χ4v) is 5.82. The van der Waals surface area contributed by atoms with Crippen LogP contribution < -0.4 is 15.8 Å². The van der Waals surface area contributed by atoms with E-state index in [2.05, 4.69) is 29.6 Å². The first-order valence-corrected chi connectivity index (χ1v) is 14.6. The number of aryl methyl sites for hydroxylation is 1. The molecule has 2 aliphatic rings. The van der Waals surface area contributed by atoms with E-state index in [4.69, 9.17) is 10.5 Å². The van der Waals surface area contributed by atoms with Crippen molar-refractivity contribution in [1.29, 1.82) is 0 Å². The van der Waals surface area contributed by atoms with E-state index in [1.54, 1.807) is 0 Å². The van der Waals surface area contributed by atoms with E-state index >= 15 is 0 Å². The van der Waals surface area contributed by atoms with Crippen LogP contribution in [0.2, 0.25) is 0 Å². The van der Waals surface area contributed by atoms with Gasteiger partial charge in [-0.2, -0.15) is 0 Å². The molecule has 0 radical (unpaired) electrons. The van der Waals surface area contributed by atoms with Crippen molar-refractivity contribution in [2.24, 2.45) is 5.92 Å². The highest BCUT2D eigenvalue weighted by Gasteiger charge is 2.35. The molecule has 6 heteroatoms. The Morgan fingerprint density at radius 3 is 2.35 bits per heavy atom. The molecule has 40 heavy (non-hydrogen) atoms. The van der Waals surface area contributed by atoms with E-state index in [1.807, 2.05) is 68.1 Å². The molecule has 210 valence electrons. The molecular formula is C34H41N3O3. The second-order valence-corrected chi connectivity index (χ2v) is 11.6. The highest BCUT2D eigenvalue weighted by atomic mass is 16.6. The van der Waals surface area contributed by atoms with Crippen molar-refractivity contribution in [3.8, 4) is 5.75 Å². The van der Waals surface area contributed by atoms with Crippen LogP contribution in [0.25, 0.3) is 0 Å². The number of carbonyl (C=O) groups is 2. The van der Waals surface area contributed by atoms with Gasteiger partial charge in [0.2, 0.25) is 5.91 Å². The van der Waals surface area contributed by atoms with Crippen LogP contribution in [0.4, 0.5) is 10.5 Å². The predicted octanol–water partition coefficient (Wildman–Crippen LogP) is 7.20. The van der Waals surface area contributed by atoms with Crippen molar-refractivity contribution in [3.63, 3.8) is 0 Å². The normalized spacial score (nSPS) is 19.5. The standard InChI is InChI=1S/C34H41N3O3/c1-22-7-6-10-32(23(22)2)40-34(39)37(29-19-20-29)21-25-11-13-27(14-12-25)30-8-4-5-9-31(30)33(38)36-24(3)26-15-17-28(35)18-16-26/h6-7,10-18,24,29-31H,4-5,8-9,19-21,35H2,1-3H3,(H,36,38)/t24-,30+,31-/m0/s1. The lowest BCUT2D eigenvalue weighted by atomic mass is 9.74. The number of anilines is 1. The van der Waals surface area contributed by atoms with Crippen LogP contribution in [-0.4, -0.2) is 22.9 Å². The third-order valence-electron chi connectivity index (χ3n) is 8.63. The summed E-state index contributed by atoms with van der Waals surface area (Å²) in [4.78, 5) is 28.4. The van der Waals surface area contributed by atoms with Gasteiger partial charge in [0.15, 0.2) is 0 Å². The van der Waals surface area contributed by atoms with E-state index in [1.165, 1.54) is 5.56 Å². The second kappa shape index (κ2) is 12.2. The van der Waals surface area contributed by atoms with Crippen LogP contribution >= 0.6 is 0 Å². The van der Waals surface area contributed by atoms with Crippen molar-refractivity contribution in [1.82, 2.24) is 10.2 Å². The summed E-state index contributed by atoms with van der Waals surface area (Å²) in [5.41, 5.74) is 12.0. The number of hydrogen-bond donors (Lipinski definition) is 2. The van der Waals surface area contributed by atoms with Gasteiger partial charge in [-0.1, -0.05) is 61.4 Å². The van der Waals surface area contributed by atoms with Crippen molar-refractivity contribution in [2.75, 3.05) is 5.73 Å². The van der Waals surface area contributed by atoms with Crippen LogP contribution in [0.15, 0.2) is 66.7 Å². The molecule has 0 heterocycles. The summed E-state index contributed by atoms with van der Waals surface area (Å²) in [5.74, 6) is 0.882. The van der Waals surface area contributed by atoms with Gasteiger partial charge in [0.1, 0.15) is 5.75 Å². The molecule has 3 aromatic rings. The fourth-order valence-electron chi connectivity index (χ4n) is 5.82. The molecule has 2 aliphatic carbocycles. The Kier molecular flexibility index (Phi) is 8.43. The van der Waals surface area contributed by atoms with E-state index in [9.17, 15) is 9.59 Å². The third-order valence-corrected chi connectivity index (χ3v) is 8.63. The van der Waals surface area contributed by atoms with Gasteiger partial charge in [0, 0.05) is 24.2 Å². The molecule has 5 rings (SSSR count). The van der Waals surface area contributed by atoms with E-state index in [0.29, 0.717) is 12.3 Å². The van der Waals surface area contributed by atoms with Crippen LogP contribution in [0.3, 0.4) is 0 Å². The van der Waals surface area contributed by atoms with Crippen LogP contribution in [0.1, 0.15) is 85.2 Å². The summed E-state index contributed by atoms with van der Waals surface area (Å²) in [6.07, 6.45) is 5.82. The minimum atomic E-state index is -0.292. The fraction of sp³-hybridized carbons (Fsp3) is 0.412. The number of ether oxygens (including phenoxy) is 1.